The van der Waals surface area contributed by atoms with Crippen molar-refractivity contribution in [2.45, 2.75) is 25.0 Å². The monoisotopic (exact) mass is 358 g/mol. The van der Waals surface area contributed by atoms with E-state index >= 15 is 0 Å². The van der Waals surface area contributed by atoms with Crippen LogP contribution < -0.4 is 0 Å². The summed E-state index contributed by atoms with van der Waals surface area (Å²) in [5.41, 5.74) is -1.58. The van der Waals surface area contributed by atoms with Crippen molar-refractivity contribution >= 4 is 21.8 Å². The molecule has 2 rings (SSSR count). The first-order chi connectivity index (χ1) is 11.2. The van der Waals surface area contributed by atoms with Crippen LogP contribution in [-0.4, -0.2) is 45.1 Å². The molecule has 2 unspecified atom stereocenters. The zero-order chi connectivity index (χ0) is 18.1. The molecule has 2 atom stereocenters. The average molecular weight is 358 g/mol. The molecule has 1 aromatic rings. The minimum atomic E-state index is -3.77. The summed E-state index contributed by atoms with van der Waals surface area (Å²) < 4.78 is 47.4. The first kappa shape index (κ1) is 18.4. The Kier molecular flexibility index (Phi) is 4.98. The van der Waals surface area contributed by atoms with Gasteiger partial charge in [-0.05, 0) is 31.5 Å². The summed E-state index contributed by atoms with van der Waals surface area (Å²) in [6.07, 6.45) is 0.953. The summed E-state index contributed by atoms with van der Waals surface area (Å²) in [5, 5.41) is -1.30. The van der Waals surface area contributed by atoms with Crippen molar-refractivity contribution in [1.29, 1.82) is 0 Å². The molecular weight excluding hydrogens is 339 g/mol. The Morgan fingerprint density at radius 1 is 1.08 bits per heavy atom. The van der Waals surface area contributed by atoms with Crippen molar-refractivity contribution in [1.82, 2.24) is 0 Å². The van der Waals surface area contributed by atoms with Gasteiger partial charge in [0, 0.05) is 12.2 Å². The molecule has 1 aliphatic rings. The van der Waals surface area contributed by atoms with Crippen LogP contribution >= 0.6 is 0 Å². The maximum absolute atomic E-state index is 13.2. The third-order valence-corrected chi connectivity index (χ3v) is 5.62. The van der Waals surface area contributed by atoms with Gasteiger partial charge in [0.05, 0.1) is 18.5 Å². The zero-order valence-corrected chi connectivity index (χ0v) is 14.4. The quantitative estimate of drug-likeness (QED) is 0.565. The number of ether oxygens (including phenoxy) is 2. The SMILES string of the molecule is CCOC(=O)C1(C(=O)OCC)C(c2ccc(F)cc2)C1S(C)(=O)=O. The molecule has 0 radical (unpaired) electrons. The number of carbonyl (C=O) groups excluding carboxylic acids is 2. The molecule has 132 valence electrons. The van der Waals surface area contributed by atoms with Gasteiger partial charge in [0.15, 0.2) is 15.3 Å². The third kappa shape index (κ3) is 2.90. The highest BCUT2D eigenvalue weighted by Gasteiger charge is 2.81. The minimum absolute atomic E-state index is 0.00733. The van der Waals surface area contributed by atoms with E-state index in [0.717, 1.165) is 18.4 Å². The molecule has 0 amide bonds. The number of rotatable bonds is 6. The van der Waals surface area contributed by atoms with E-state index < -0.39 is 44.2 Å². The molecule has 0 heterocycles. The molecule has 1 saturated carbocycles. The maximum atomic E-state index is 13.2. The van der Waals surface area contributed by atoms with Crippen LogP contribution in [0.1, 0.15) is 25.3 Å². The highest BCUT2D eigenvalue weighted by molar-refractivity contribution is 7.91. The molecule has 0 saturated heterocycles. The van der Waals surface area contributed by atoms with Crippen molar-refractivity contribution in [2.75, 3.05) is 19.5 Å². The van der Waals surface area contributed by atoms with Crippen LogP contribution in [0.5, 0.6) is 0 Å². The summed E-state index contributed by atoms with van der Waals surface area (Å²) in [4.78, 5) is 25.0. The summed E-state index contributed by atoms with van der Waals surface area (Å²) in [6.45, 7) is 3.10. The molecule has 24 heavy (non-hydrogen) atoms. The number of benzene rings is 1. The van der Waals surface area contributed by atoms with Crippen LogP contribution in [0, 0.1) is 11.2 Å². The molecule has 8 heteroatoms. The van der Waals surface area contributed by atoms with Crippen molar-refractivity contribution in [3.8, 4) is 0 Å². The van der Waals surface area contributed by atoms with E-state index in [-0.39, 0.29) is 13.2 Å². The van der Waals surface area contributed by atoms with Gasteiger partial charge >= 0.3 is 11.9 Å². The Bertz CT molecular complexity index is 722. The second kappa shape index (κ2) is 6.51. The number of hydrogen-bond acceptors (Lipinski definition) is 6. The lowest BCUT2D eigenvalue weighted by atomic mass is 9.99. The molecular formula is C16H19FO6S. The van der Waals surface area contributed by atoms with Crippen LogP contribution in [0.4, 0.5) is 4.39 Å². The first-order valence-corrected chi connectivity index (χ1v) is 9.45. The van der Waals surface area contributed by atoms with Gasteiger partial charge in [0.2, 0.25) is 0 Å². The summed E-state index contributed by atoms with van der Waals surface area (Å²) >= 11 is 0. The van der Waals surface area contributed by atoms with E-state index in [9.17, 15) is 22.4 Å². The van der Waals surface area contributed by atoms with Gasteiger partial charge in [-0.1, -0.05) is 12.1 Å². The molecule has 1 aliphatic carbocycles. The standard InChI is InChI=1S/C16H19FO6S/c1-4-22-14(18)16(15(19)23-5-2)12(13(16)24(3,20)21)10-6-8-11(17)9-7-10/h6-9,12-13H,4-5H2,1-3H3. The lowest BCUT2D eigenvalue weighted by molar-refractivity contribution is -0.164. The smallest absolute Gasteiger partial charge is 0.325 e. The van der Waals surface area contributed by atoms with Crippen LogP contribution in [0.2, 0.25) is 0 Å². The number of sulfone groups is 1. The first-order valence-electron chi connectivity index (χ1n) is 7.50. The van der Waals surface area contributed by atoms with Gasteiger partial charge in [0.1, 0.15) is 5.82 Å². The Hall–Kier alpha value is -1.96. The Morgan fingerprint density at radius 3 is 1.92 bits per heavy atom. The number of hydrogen-bond donors (Lipinski definition) is 0. The van der Waals surface area contributed by atoms with Gasteiger partial charge in [0.25, 0.3) is 0 Å². The minimum Gasteiger partial charge on any atom is -0.465 e. The Labute approximate surface area is 139 Å². The predicted molar refractivity (Wildman–Crippen MR) is 83.5 cm³/mol. The van der Waals surface area contributed by atoms with Crippen molar-refractivity contribution in [3.63, 3.8) is 0 Å². The lowest BCUT2D eigenvalue weighted by Gasteiger charge is -2.15. The number of carbonyl (C=O) groups is 2. The van der Waals surface area contributed by atoms with Gasteiger partial charge in [-0.3, -0.25) is 9.59 Å². The predicted octanol–water partition coefficient (Wildman–Crippen LogP) is 1.45. The van der Waals surface area contributed by atoms with Crippen LogP contribution in [0.15, 0.2) is 24.3 Å². The van der Waals surface area contributed by atoms with Crippen molar-refractivity contribution in [2.24, 2.45) is 5.41 Å². The molecule has 0 aliphatic heterocycles. The van der Waals surface area contributed by atoms with Gasteiger partial charge in [-0.25, -0.2) is 12.8 Å². The van der Waals surface area contributed by atoms with E-state index in [1.54, 1.807) is 13.8 Å². The highest BCUT2D eigenvalue weighted by atomic mass is 32.2. The number of esters is 2. The third-order valence-electron chi connectivity index (χ3n) is 4.05. The molecule has 1 aromatic carbocycles. The van der Waals surface area contributed by atoms with Crippen molar-refractivity contribution in [3.05, 3.63) is 35.6 Å². The number of halogens is 1. The lowest BCUT2D eigenvalue weighted by Crippen LogP contribution is -2.35. The van der Waals surface area contributed by atoms with Crippen LogP contribution in [-0.2, 0) is 28.9 Å². The molecule has 0 spiro atoms. The molecule has 0 aromatic heterocycles. The van der Waals surface area contributed by atoms with E-state index in [1.807, 2.05) is 0 Å². The molecule has 0 N–H and O–H groups in total. The second-order valence-electron chi connectivity index (χ2n) is 5.59. The van der Waals surface area contributed by atoms with Gasteiger partial charge in [-0.2, -0.15) is 0 Å². The normalized spacial score (nSPS) is 21.8. The second-order valence-corrected chi connectivity index (χ2v) is 7.76. The summed E-state index contributed by atoms with van der Waals surface area (Å²) in [6, 6.07) is 5.01. The fourth-order valence-corrected chi connectivity index (χ4v) is 4.92. The Balaban J connectivity index is 2.58. The fourth-order valence-electron chi connectivity index (χ4n) is 3.12. The topological polar surface area (TPSA) is 86.7 Å². The summed E-state index contributed by atoms with van der Waals surface area (Å²) in [5.74, 6) is -3.35. The van der Waals surface area contributed by atoms with E-state index in [0.29, 0.717) is 5.56 Å². The van der Waals surface area contributed by atoms with Crippen molar-refractivity contribution < 1.29 is 31.9 Å². The van der Waals surface area contributed by atoms with E-state index in [1.165, 1.54) is 12.1 Å². The van der Waals surface area contributed by atoms with Gasteiger partial charge < -0.3 is 9.47 Å². The van der Waals surface area contributed by atoms with E-state index in [4.69, 9.17) is 9.47 Å². The largest absolute Gasteiger partial charge is 0.465 e. The molecule has 6 nitrogen and oxygen atoms in total. The maximum Gasteiger partial charge on any atom is 0.325 e. The zero-order valence-electron chi connectivity index (χ0n) is 13.6. The van der Waals surface area contributed by atoms with Crippen LogP contribution in [0.3, 0.4) is 0 Å². The highest BCUT2D eigenvalue weighted by Crippen LogP contribution is 2.64. The molecule has 0 bridgehead atoms. The fraction of sp³-hybridized carbons (Fsp3) is 0.500. The van der Waals surface area contributed by atoms with Crippen LogP contribution in [0.25, 0.3) is 0 Å². The van der Waals surface area contributed by atoms with E-state index in [2.05, 4.69) is 0 Å². The summed E-state index contributed by atoms with van der Waals surface area (Å²) in [7, 11) is -3.77. The Morgan fingerprint density at radius 2 is 1.54 bits per heavy atom. The average Bonchev–Trinajstić information content (AvgIpc) is 3.20. The molecule has 1 fully saturated rings. The van der Waals surface area contributed by atoms with Gasteiger partial charge in [-0.15, -0.1) is 0 Å².